The van der Waals surface area contributed by atoms with Gasteiger partial charge < -0.3 is 5.32 Å². The summed E-state index contributed by atoms with van der Waals surface area (Å²) in [7, 11) is -3.90. The quantitative estimate of drug-likeness (QED) is 0.816. The average Bonchev–Trinajstić information content (AvgIpc) is 2.93. The summed E-state index contributed by atoms with van der Waals surface area (Å²) in [4.78, 5) is 11.1. The van der Waals surface area contributed by atoms with E-state index >= 15 is 0 Å². The molecule has 24 heavy (non-hydrogen) atoms. The number of sulfonamides is 1. The van der Waals surface area contributed by atoms with Gasteiger partial charge in [-0.3, -0.25) is 14.2 Å². The number of hydrogen-bond acceptors (Lipinski definition) is 4. The minimum atomic E-state index is -3.90. The van der Waals surface area contributed by atoms with E-state index in [0.29, 0.717) is 5.69 Å². The third-order valence-corrected chi connectivity index (χ3v) is 4.92. The van der Waals surface area contributed by atoms with E-state index in [1.165, 1.54) is 36.1 Å². The Bertz CT molecular complexity index is 855. The minimum absolute atomic E-state index is 0.00530. The molecule has 0 aliphatic rings. The molecule has 1 amide bonds. The SMILES string of the molecule is CC(=O)Nc1cc(Cl)c(NS(=O)(=O)c2cnn(C(C)C)c2)c(Cl)c1. The first-order chi connectivity index (χ1) is 11.1. The van der Waals surface area contributed by atoms with Crippen LogP contribution in [0.5, 0.6) is 0 Å². The van der Waals surface area contributed by atoms with Crippen molar-refractivity contribution in [1.82, 2.24) is 9.78 Å². The molecule has 0 aliphatic heterocycles. The number of aromatic nitrogens is 2. The number of anilines is 2. The highest BCUT2D eigenvalue weighted by Gasteiger charge is 2.21. The van der Waals surface area contributed by atoms with Crippen molar-refractivity contribution in [2.45, 2.75) is 31.7 Å². The fraction of sp³-hybridized carbons (Fsp3) is 0.286. The molecule has 0 fully saturated rings. The van der Waals surface area contributed by atoms with Crippen LogP contribution >= 0.6 is 23.2 Å². The van der Waals surface area contributed by atoms with E-state index in [1.807, 2.05) is 13.8 Å². The maximum atomic E-state index is 12.5. The minimum Gasteiger partial charge on any atom is -0.326 e. The van der Waals surface area contributed by atoms with E-state index in [-0.39, 0.29) is 32.6 Å². The highest BCUT2D eigenvalue weighted by atomic mass is 35.5. The Morgan fingerprint density at radius 2 is 1.83 bits per heavy atom. The number of amides is 1. The molecular weight excluding hydrogens is 375 g/mol. The van der Waals surface area contributed by atoms with Crippen LogP contribution in [0.3, 0.4) is 0 Å². The van der Waals surface area contributed by atoms with Gasteiger partial charge in [0.05, 0.1) is 21.9 Å². The number of halogens is 2. The van der Waals surface area contributed by atoms with Crippen molar-refractivity contribution in [3.05, 3.63) is 34.6 Å². The first kappa shape index (κ1) is 18.6. The Kier molecular flexibility index (Phi) is 5.42. The maximum Gasteiger partial charge on any atom is 0.265 e. The van der Waals surface area contributed by atoms with Crippen molar-refractivity contribution in [1.29, 1.82) is 0 Å². The van der Waals surface area contributed by atoms with Crippen LogP contribution < -0.4 is 10.0 Å². The molecule has 0 bridgehead atoms. The lowest BCUT2D eigenvalue weighted by Crippen LogP contribution is -2.14. The highest BCUT2D eigenvalue weighted by Crippen LogP contribution is 2.35. The zero-order valence-electron chi connectivity index (χ0n) is 13.2. The average molecular weight is 391 g/mol. The molecule has 1 heterocycles. The van der Waals surface area contributed by atoms with Crippen LogP contribution in [-0.4, -0.2) is 24.1 Å². The number of nitrogens with one attached hydrogen (secondary N) is 2. The van der Waals surface area contributed by atoms with Crippen molar-refractivity contribution in [3.8, 4) is 0 Å². The molecule has 0 saturated carbocycles. The Labute approximate surface area is 150 Å². The number of benzene rings is 1. The van der Waals surface area contributed by atoms with Gasteiger partial charge in [-0.15, -0.1) is 0 Å². The number of hydrogen-bond donors (Lipinski definition) is 2. The normalized spacial score (nSPS) is 11.6. The summed E-state index contributed by atoms with van der Waals surface area (Å²) < 4.78 is 28.8. The van der Waals surface area contributed by atoms with Gasteiger partial charge >= 0.3 is 0 Å². The Morgan fingerprint density at radius 1 is 1.25 bits per heavy atom. The van der Waals surface area contributed by atoms with E-state index in [9.17, 15) is 13.2 Å². The summed E-state index contributed by atoms with van der Waals surface area (Å²) in [5.41, 5.74) is 0.401. The highest BCUT2D eigenvalue weighted by molar-refractivity contribution is 7.92. The molecule has 0 saturated heterocycles. The largest absolute Gasteiger partial charge is 0.326 e. The van der Waals surface area contributed by atoms with Crippen molar-refractivity contribution in [2.75, 3.05) is 10.0 Å². The molecule has 0 unspecified atom stereocenters. The fourth-order valence-electron chi connectivity index (χ4n) is 1.88. The number of nitrogens with zero attached hydrogens (tertiary/aromatic N) is 2. The van der Waals surface area contributed by atoms with Gasteiger partial charge in [0.15, 0.2) is 0 Å². The molecule has 2 N–H and O–H groups in total. The van der Waals surface area contributed by atoms with Crippen LogP contribution in [0, 0.1) is 0 Å². The van der Waals surface area contributed by atoms with Gasteiger partial charge in [-0.2, -0.15) is 5.10 Å². The zero-order valence-corrected chi connectivity index (χ0v) is 15.5. The summed E-state index contributed by atoms with van der Waals surface area (Å²) in [6.45, 7) is 5.10. The molecule has 1 aromatic carbocycles. The van der Waals surface area contributed by atoms with Crippen LogP contribution in [-0.2, 0) is 14.8 Å². The summed E-state index contributed by atoms with van der Waals surface area (Å²) in [6.07, 6.45) is 2.66. The molecule has 0 atom stereocenters. The second-order valence-corrected chi connectivity index (χ2v) is 7.85. The van der Waals surface area contributed by atoms with Crippen molar-refractivity contribution in [2.24, 2.45) is 0 Å². The van der Waals surface area contributed by atoms with Gasteiger partial charge in [0, 0.05) is 24.8 Å². The number of carbonyl (C=O) groups excluding carboxylic acids is 1. The van der Waals surface area contributed by atoms with Gasteiger partial charge in [-0.05, 0) is 26.0 Å². The Morgan fingerprint density at radius 3 is 2.29 bits per heavy atom. The van der Waals surface area contributed by atoms with Crippen molar-refractivity contribution >= 4 is 50.5 Å². The van der Waals surface area contributed by atoms with Gasteiger partial charge in [0.25, 0.3) is 10.0 Å². The monoisotopic (exact) mass is 390 g/mol. The summed E-state index contributed by atoms with van der Waals surface area (Å²) in [5, 5.41) is 6.65. The molecule has 2 aromatic rings. The van der Waals surface area contributed by atoms with Crippen LogP contribution in [0.2, 0.25) is 10.0 Å². The lowest BCUT2D eigenvalue weighted by atomic mass is 10.3. The summed E-state index contributed by atoms with van der Waals surface area (Å²) >= 11 is 12.2. The number of carbonyl (C=O) groups is 1. The molecule has 0 aliphatic carbocycles. The Hall–Kier alpha value is -1.77. The van der Waals surface area contributed by atoms with Crippen molar-refractivity contribution < 1.29 is 13.2 Å². The van der Waals surface area contributed by atoms with Gasteiger partial charge in [-0.1, -0.05) is 23.2 Å². The molecule has 1 aromatic heterocycles. The van der Waals surface area contributed by atoms with Crippen LogP contribution in [0.1, 0.15) is 26.8 Å². The van der Waals surface area contributed by atoms with Crippen molar-refractivity contribution in [3.63, 3.8) is 0 Å². The maximum absolute atomic E-state index is 12.5. The molecule has 10 heteroatoms. The first-order valence-electron chi connectivity index (χ1n) is 6.94. The van der Waals surface area contributed by atoms with Gasteiger partial charge in [0.1, 0.15) is 4.90 Å². The van der Waals surface area contributed by atoms with E-state index in [4.69, 9.17) is 23.2 Å². The van der Waals surface area contributed by atoms with E-state index < -0.39 is 10.0 Å². The smallest absolute Gasteiger partial charge is 0.265 e. The second-order valence-electron chi connectivity index (χ2n) is 5.35. The third kappa shape index (κ3) is 4.19. The van der Waals surface area contributed by atoms with E-state index in [1.54, 1.807) is 0 Å². The first-order valence-corrected chi connectivity index (χ1v) is 9.17. The molecule has 7 nitrogen and oxygen atoms in total. The Balaban J connectivity index is 2.33. The van der Waals surface area contributed by atoms with E-state index in [2.05, 4.69) is 15.1 Å². The summed E-state index contributed by atoms with van der Waals surface area (Å²) in [5.74, 6) is -0.295. The van der Waals surface area contributed by atoms with Gasteiger partial charge in [-0.25, -0.2) is 8.42 Å². The number of rotatable bonds is 5. The lowest BCUT2D eigenvalue weighted by molar-refractivity contribution is -0.114. The molecule has 0 spiro atoms. The topological polar surface area (TPSA) is 93.1 Å². The van der Waals surface area contributed by atoms with Gasteiger partial charge in [0.2, 0.25) is 5.91 Å². The molecule has 130 valence electrons. The molecular formula is C14H16Cl2N4O3S. The molecule has 0 radical (unpaired) electrons. The lowest BCUT2D eigenvalue weighted by Gasteiger charge is -2.12. The third-order valence-electron chi connectivity index (χ3n) is 3.02. The predicted octanol–water partition coefficient (Wildman–Crippen LogP) is 3.53. The van der Waals surface area contributed by atoms with Crippen LogP contribution in [0.15, 0.2) is 29.4 Å². The fourth-order valence-corrected chi connectivity index (χ4v) is 3.61. The predicted molar refractivity (Wildman–Crippen MR) is 94.2 cm³/mol. The standard InChI is InChI=1S/C14H16Cl2N4O3S/c1-8(2)20-7-11(6-17-20)24(22,23)19-14-12(15)4-10(5-13(14)16)18-9(3)21/h4-8,19H,1-3H3,(H,18,21). The van der Waals surface area contributed by atoms with E-state index in [0.717, 1.165) is 0 Å². The van der Waals surface area contributed by atoms with Crippen LogP contribution in [0.25, 0.3) is 0 Å². The van der Waals surface area contributed by atoms with Crippen LogP contribution in [0.4, 0.5) is 11.4 Å². The second kappa shape index (κ2) is 7.00. The molecule has 2 rings (SSSR count). The summed E-state index contributed by atoms with van der Waals surface area (Å²) in [6, 6.07) is 2.84. The zero-order chi connectivity index (χ0) is 18.1.